The molecular formula is C18H32N2O2. The van der Waals surface area contributed by atoms with Crippen molar-refractivity contribution >= 4 is 0 Å². The number of nitrogens with zero attached hydrogens (tertiary/aromatic N) is 2. The molecule has 22 heavy (non-hydrogen) atoms. The van der Waals surface area contributed by atoms with E-state index < -0.39 is 0 Å². The molecule has 0 atom stereocenters. The Bertz CT molecular complexity index is 383. The predicted octanol–water partition coefficient (Wildman–Crippen LogP) is 3.30. The van der Waals surface area contributed by atoms with Crippen LogP contribution in [0.15, 0.2) is 18.2 Å². The van der Waals surface area contributed by atoms with Crippen LogP contribution in [0.25, 0.3) is 0 Å². The van der Waals surface area contributed by atoms with E-state index in [-0.39, 0.29) is 0 Å². The van der Waals surface area contributed by atoms with Crippen LogP contribution in [0.5, 0.6) is 0 Å². The molecule has 3 heterocycles. The Hall–Kier alpha value is -0.970. The lowest BCUT2D eigenvalue weighted by Crippen LogP contribution is -2.46. The molecule has 0 unspecified atom stereocenters. The van der Waals surface area contributed by atoms with Gasteiger partial charge in [0.05, 0.1) is 24.9 Å². The first-order valence-electron chi connectivity index (χ1n) is 8.60. The molecule has 0 N–H and O–H groups in total. The van der Waals surface area contributed by atoms with Crippen molar-refractivity contribution < 1.29 is 9.47 Å². The second-order valence-electron chi connectivity index (χ2n) is 5.40. The van der Waals surface area contributed by atoms with Gasteiger partial charge in [-0.1, -0.05) is 26.8 Å². The van der Waals surface area contributed by atoms with Gasteiger partial charge in [0.25, 0.3) is 0 Å². The third-order valence-electron chi connectivity index (χ3n) is 3.71. The Morgan fingerprint density at radius 1 is 1.09 bits per heavy atom. The molecule has 0 saturated carbocycles. The van der Waals surface area contributed by atoms with E-state index in [1.54, 1.807) is 0 Å². The standard InChI is InChI=1S/C12H18N2O.C4H8O.C2H6/c1-3-10-5-4-6-11(13-10)7-14(2)12-8-15-9-12;1-2-4-5-3-1;1-2/h4-6,12H,3,7-9H2,1-2H3;1-4H2;1-2H3. The van der Waals surface area contributed by atoms with Gasteiger partial charge in [0, 0.05) is 25.5 Å². The molecule has 2 aliphatic rings. The molecule has 126 valence electrons. The quantitative estimate of drug-likeness (QED) is 0.855. The Labute approximate surface area is 135 Å². The molecule has 1 aromatic rings. The highest BCUT2D eigenvalue weighted by atomic mass is 16.5. The van der Waals surface area contributed by atoms with E-state index in [4.69, 9.17) is 9.47 Å². The monoisotopic (exact) mass is 308 g/mol. The topological polar surface area (TPSA) is 34.6 Å². The first kappa shape index (κ1) is 19.1. The smallest absolute Gasteiger partial charge is 0.0645 e. The number of aromatic nitrogens is 1. The van der Waals surface area contributed by atoms with Crippen LogP contribution in [-0.4, -0.2) is 49.4 Å². The predicted molar refractivity (Wildman–Crippen MR) is 91.1 cm³/mol. The summed E-state index contributed by atoms with van der Waals surface area (Å²) in [4.78, 5) is 6.90. The van der Waals surface area contributed by atoms with E-state index in [1.807, 2.05) is 13.8 Å². The van der Waals surface area contributed by atoms with Crippen LogP contribution >= 0.6 is 0 Å². The first-order chi connectivity index (χ1) is 10.8. The van der Waals surface area contributed by atoms with Gasteiger partial charge in [0.1, 0.15) is 0 Å². The largest absolute Gasteiger partial charge is 0.381 e. The zero-order valence-electron chi connectivity index (χ0n) is 14.7. The summed E-state index contributed by atoms with van der Waals surface area (Å²) >= 11 is 0. The minimum absolute atomic E-state index is 0.581. The Kier molecular flexibility index (Phi) is 10.0. The van der Waals surface area contributed by atoms with Crippen LogP contribution < -0.4 is 0 Å². The molecule has 2 fully saturated rings. The fraction of sp³-hybridized carbons (Fsp3) is 0.722. The molecule has 2 aliphatic heterocycles. The third kappa shape index (κ3) is 6.86. The molecular weight excluding hydrogens is 276 g/mol. The van der Waals surface area contributed by atoms with Crippen molar-refractivity contribution in [1.29, 1.82) is 0 Å². The number of pyridine rings is 1. The van der Waals surface area contributed by atoms with Gasteiger partial charge < -0.3 is 9.47 Å². The minimum atomic E-state index is 0.581. The van der Waals surface area contributed by atoms with Crippen molar-refractivity contribution in [2.45, 2.75) is 52.6 Å². The number of aryl methyl sites for hydroxylation is 1. The van der Waals surface area contributed by atoms with Crippen molar-refractivity contribution in [2.75, 3.05) is 33.5 Å². The summed E-state index contributed by atoms with van der Waals surface area (Å²) in [5, 5.41) is 0. The maximum atomic E-state index is 5.18. The van der Waals surface area contributed by atoms with E-state index in [0.29, 0.717) is 6.04 Å². The summed E-state index contributed by atoms with van der Waals surface area (Å²) in [6.07, 6.45) is 3.56. The average Bonchev–Trinajstić information content (AvgIpc) is 3.07. The van der Waals surface area contributed by atoms with Crippen LogP contribution in [0.2, 0.25) is 0 Å². The summed E-state index contributed by atoms with van der Waals surface area (Å²) in [6, 6.07) is 6.84. The van der Waals surface area contributed by atoms with Crippen molar-refractivity contribution in [3.8, 4) is 0 Å². The third-order valence-corrected chi connectivity index (χ3v) is 3.71. The van der Waals surface area contributed by atoms with Crippen LogP contribution in [0.4, 0.5) is 0 Å². The molecule has 4 nitrogen and oxygen atoms in total. The van der Waals surface area contributed by atoms with Crippen molar-refractivity contribution in [1.82, 2.24) is 9.88 Å². The zero-order valence-corrected chi connectivity index (χ0v) is 14.7. The Morgan fingerprint density at radius 2 is 1.73 bits per heavy atom. The summed E-state index contributed by atoms with van der Waals surface area (Å²) in [6.45, 7) is 10.8. The minimum Gasteiger partial charge on any atom is -0.381 e. The zero-order chi connectivity index (χ0) is 16.2. The van der Waals surface area contributed by atoms with Gasteiger partial charge in [-0.2, -0.15) is 0 Å². The summed E-state index contributed by atoms with van der Waals surface area (Å²) in [5.41, 5.74) is 2.33. The van der Waals surface area contributed by atoms with E-state index >= 15 is 0 Å². The average molecular weight is 308 g/mol. The van der Waals surface area contributed by atoms with Gasteiger partial charge in [0.2, 0.25) is 0 Å². The second kappa shape index (κ2) is 11.6. The highest BCUT2D eigenvalue weighted by molar-refractivity contribution is 5.11. The van der Waals surface area contributed by atoms with Crippen molar-refractivity contribution in [3.05, 3.63) is 29.6 Å². The molecule has 0 aromatic carbocycles. The molecule has 3 rings (SSSR count). The molecule has 0 amide bonds. The van der Waals surface area contributed by atoms with Gasteiger partial charge in [-0.25, -0.2) is 0 Å². The normalized spacial score (nSPS) is 17.1. The first-order valence-corrected chi connectivity index (χ1v) is 8.60. The molecule has 4 heteroatoms. The van der Waals surface area contributed by atoms with Gasteiger partial charge >= 0.3 is 0 Å². The highest BCUT2D eigenvalue weighted by Gasteiger charge is 2.23. The molecule has 0 radical (unpaired) electrons. The van der Waals surface area contributed by atoms with Gasteiger partial charge in [0.15, 0.2) is 0 Å². The Morgan fingerprint density at radius 3 is 2.18 bits per heavy atom. The number of likely N-dealkylation sites (N-methyl/N-ethyl adjacent to an activating group) is 1. The van der Waals surface area contributed by atoms with Gasteiger partial charge in [-0.15, -0.1) is 0 Å². The van der Waals surface area contributed by atoms with E-state index in [9.17, 15) is 0 Å². The SMILES string of the molecule is C1CCOC1.CC.CCc1cccc(CN(C)C2COC2)n1. The van der Waals surface area contributed by atoms with Crippen LogP contribution in [0.1, 0.15) is 45.0 Å². The number of rotatable bonds is 4. The number of hydrogen-bond donors (Lipinski definition) is 0. The second-order valence-corrected chi connectivity index (χ2v) is 5.40. The lowest BCUT2D eigenvalue weighted by Gasteiger charge is -2.34. The van der Waals surface area contributed by atoms with Gasteiger partial charge in [-0.3, -0.25) is 9.88 Å². The van der Waals surface area contributed by atoms with Crippen LogP contribution in [0.3, 0.4) is 0 Å². The lowest BCUT2D eigenvalue weighted by molar-refractivity contribution is -0.0589. The van der Waals surface area contributed by atoms with Crippen LogP contribution in [-0.2, 0) is 22.4 Å². The lowest BCUT2D eigenvalue weighted by atomic mass is 10.2. The Balaban J connectivity index is 0.000000289. The molecule has 0 bridgehead atoms. The van der Waals surface area contributed by atoms with E-state index in [1.165, 1.54) is 18.5 Å². The summed E-state index contributed by atoms with van der Waals surface area (Å²) < 4.78 is 10.1. The number of ether oxygens (including phenoxy) is 2. The maximum absolute atomic E-state index is 5.18. The fourth-order valence-corrected chi connectivity index (χ4v) is 2.19. The summed E-state index contributed by atoms with van der Waals surface area (Å²) in [7, 11) is 2.13. The highest BCUT2D eigenvalue weighted by Crippen LogP contribution is 2.11. The fourth-order valence-electron chi connectivity index (χ4n) is 2.19. The molecule has 1 aromatic heterocycles. The van der Waals surface area contributed by atoms with Crippen LogP contribution in [0, 0.1) is 0 Å². The molecule has 0 spiro atoms. The van der Waals surface area contributed by atoms with E-state index in [0.717, 1.165) is 45.1 Å². The van der Waals surface area contributed by atoms with Crippen molar-refractivity contribution in [3.63, 3.8) is 0 Å². The summed E-state index contributed by atoms with van der Waals surface area (Å²) in [5.74, 6) is 0. The van der Waals surface area contributed by atoms with Crippen molar-refractivity contribution in [2.24, 2.45) is 0 Å². The molecule has 0 aliphatic carbocycles. The van der Waals surface area contributed by atoms with Gasteiger partial charge in [-0.05, 0) is 38.4 Å². The number of hydrogen-bond acceptors (Lipinski definition) is 4. The maximum Gasteiger partial charge on any atom is 0.0645 e. The van der Waals surface area contributed by atoms with E-state index in [2.05, 4.69) is 42.1 Å². The molecule has 2 saturated heterocycles.